The van der Waals surface area contributed by atoms with Gasteiger partial charge in [-0.25, -0.2) is 4.79 Å². The van der Waals surface area contributed by atoms with Crippen LogP contribution in [-0.2, 0) is 9.53 Å². The molecular weight excluding hydrogens is 334 g/mol. The first-order valence-corrected chi connectivity index (χ1v) is 7.90. The first-order valence-electron chi connectivity index (χ1n) is 7.90. The monoisotopic (exact) mass is 351 g/mol. The molecule has 0 saturated heterocycles. The van der Waals surface area contributed by atoms with E-state index in [1.807, 2.05) is 12.1 Å². The predicted molar refractivity (Wildman–Crippen MR) is 97.5 cm³/mol. The van der Waals surface area contributed by atoms with Gasteiger partial charge in [0.2, 0.25) is 0 Å². The SMILES string of the molecule is COc1ccc(NC(=O)COC(=O)c2ccc3ccccc3c2O)cc1. The van der Waals surface area contributed by atoms with Crippen molar-refractivity contribution in [2.75, 3.05) is 19.0 Å². The summed E-state index contributed by atoms with van der Waals surface area (Å²) >= 11 is 0. The molecule has 0 aliphatic carbocycles. The molecule has 1 amide bonds. The number of hydrogen-bond acceptors (Lipinski definition) is 5. The highest BCUT2D eigenvalue weighted by Crippen LogP contribution is 2.29. The second kappa shape index (κ2) is 7.57. The zero-order valence-corrected chi connectivity index (χ0v) is 14.1. The molecule has 26 heavy (non-hydrogen) atoms. The number of rotatable bonds is 5. The van der Waals surface area contributed by atoms with Gasteiger partial charge in [0.15, 0.2) is 6.61 Å². The molecule has 6 nitrogen and oxygen atoms in total. The van der Waals surface area contributed by atoms with E-state index in [0.717, 1.165) is 5.39 Å². The molecule has 3 aromatic carbocycles. The minimum Gasteiger partial charge on any atom is -0.506 e. The van der Waals surface area contributed by atoms with E-state index in [9.17, 15) is 14.7 Å². The van der Waals surface area contributed by atoms with Gasteiger partial charge in [0.05, 0.1) is 7.11 Å². The molecule has 0 aliphatic rings. The number of fused-ring (bicyclic) bond motifs is 1. The Morgan fingerprint density at radius 3 is 2.46 bits per heavy atom. The third kappa shape index (κ3) is 3.75. The Kier molecular flexibility index (Phi) is 5.03. The van der Waals surface area contributed by atoms with Crippen molar-refractivity contribution in [2.45, 2.75) is 0 Å². The van der Waals surface area contributed by atoms with Crippen molar-refractivity contribution in [3.63, 3.8) is 0 Å². The van der Waals surface area contributed by atoms with Crippen molar-refractivity contribution < 1.29 is 24.2 Å². The van der Waals surface area contributed by atoms with Crippen molar-refractivity contribution >= 4 is 28.3 Å². The van der Waals surface area contributed by atoms with E-state index in [1.165, 1.54) is 6.07 Å². The predicted octanol–water partition coefficient (Wildman–Crippen LogP) is 3.35. The minimum absolute atomic E-state index is 0.0148. The van der Waals surface area contributed by atoms with Gasteiger partial charge in [0.25, 0.3) is 5.91 Å². The average Bonchev–Trinajstić information content (AvgIpc) is 2.67. The van der Waals surface area contributed by atoms with Gasteiger partial charge in [-0.15, -0.1) is 0 Å². The Morgan fingerprint density at radius 2 is 1.73 bits per heavy atom. The van der Waals surface area contributed by atoms with Crippen molar-refractivity contribution in [2.24, 2.45) is 0 Å². The molecule has 3 rings (SSSR count). The summed E-state index contributed by atoms with van der Waals surface area (Å²) in [5.74, 6) is -0.744. The summed E-state index contributed by atoms with van der Waals surface area (Å²) in [4.78, 5) is 24.1. The maximum absolute atomic E-state index is 12.2. The number of benzene rings is 3. The van der Waals surface area contributed by atoms with Crippen LogP contribution in [-0.4, -0.2) is 30.7 Å². The molecule has 132 valence electrons. The van der Waals surface area contributed by atoms with Crippen LogP contribution in [0.3, 0.4) is 0 Å². The Morgan fingerprint density at radius 1 is 1.00 bits per heavy atom. The highest BCUT2D eigenvalue weighted by atomic mass is 16.5. The largest absolute Gasteiger partial charge is 0.506 e. The molecule has 0 atom stereocenters. The smallest absolute Gasteiger partial charge is 0.342 e. The van der Waals surface area contributed by atoms with Crippen LogP contribution < -0.4 is 10.1 Å². The summed E-state index contributed by atoms with van der Waals surface area (Å²) in [6.07, 6.45) is 0. The number of anilines is 1. The van der Waals surface area contributed by atoms with Gasteiger partial charge in [-0.2, -0.15) is 0 Å². The highest BCUT2D eigenvalue weighted by molar-refractivity contribution is 6.02. The number of esters is 1. The lowest BCUT2D eigenvalue weighted by molar-refractivity contribution is -0.119. The van der Waals surface area contributed by atoms with E-state index >= 15 is 0 Å². The summed E-state index contributed by atoms with van der Waals surface area (Å²) < 4.78 is 10.0. The maximum Gasteiger partial charge on any atom is 0.342 e. The van der Waals surface area contributed by atoms with Crippen LogP contribution >= 0.6 is 0 Å². The van der Waals surface area contributed by atoms with Crippen LogP contribution in [0.5, 0.6) is 11.5 Å². The van der Waals surface area contributed by atoms with Crippen LogP contribution in [0.4, 0.5) is 5.69 Å². The van der Waals surface area contributed by atoms with E-state index in [1.54, 1.807) is 49.6 Å². The van der Waals surface area contributed by atoms with E-state index < -0.39 is 18.5 Å². The molecule has 0 aliphatic heterocycles. The van der Waals surface area contributed by atoms with E-state index in [-0.39, 0.29) is 11.3 Å². The number of phenolic OH excluding ortho intramolecular Hbond substituents is 1. The normalized spacial score (nSPS) is 10.3. The lowest BCUT2D eigenvalue weighted by Crippen LogP contribution is -2.21. The number of aromatic hydroxyl groups is 1. The number of methoxy groups -OCH3 is 1. The molecule has 0 spiro atoms. The van der Waals surface area contributed by atoms with Crippen molar-refractivity contribution in [3.05, 3.63) is 66.2 Å². The Hall–Kier alpha value is -3.54. The van der Waals surface area contributed by atoms with Gasteiger partial charge in [-0.1, -0.05) is 30.3 Å². The molecule has 0 saturated carbocycles. The standard InChI is InChI=1S/C20H17NO5/c1-25-15-9-7-14(8-10-15)21-18(22)12-26-20(24)17-11-6-13-4-2-3-5-16(13)19(17)23/h2-11,23H,12H2,1H3,(H,21,22). The Bertz CT molecular complexity index is 950. The topological polar surface area (TPSA) is 84.9 Å². The third-order valence-electron chi connectivity index (χ3n) is 3.83. The molecule has 3 aromatic rings. The number of phenols is 1. The van der Waals surface area contributed by atoms with Crippen LogP contribution in [0, 0.1) is 0 Å². The fraction of sp³-hybridized carbons (Fsp3) is 0.100. The molecule has 0 fully saturated rings. The van der Waals surface area contributed by atoms with Gasteiger partial charge >= 0.3 is 5.97 Å². The summed E-state index contributed by atoms with van der Waals surface area (Å²) in [5.41, 5.74) is 0.571. The van der Waals surface area contributed by atoms with E-state index in [2.05, 4.69) is 5.32 Å². The third-order valence-corrected chi connectivity index (χ3v) is 3.83. The molecular formula is C20H17NO5. The Balaban J connectivity index is 1.63. The second-order valence-corrected chi connectivity index (χ2v) is 5.54. The lowest BCUT2D eigenvalue weighted by Gasteiger charge is -2.09. The van der Waals surface area contributed by atoms with Crippen LogP contribution in [0.15, 0.2) is 60.7 Å². The number of amides is 1. The first-order chi connectivity index (χ1) is 12.6. The minimum atomic E-state index is -0.766. The molecule has 0 aromatic heterocycles. The summed E-state index contributed by atoms with van der Waals surface area (Å²) in [6.45, 7) is -0.461. The quantitative estimate of drug-likeness (QED) is 0.689. The van der Waals surface area contributed by atoms with E-state index in [0.29, 0.717) is 16.8 Å². The van der Waals surface area contributed by atoms with Gasteiger partial charge in [-0.3, -0.25) is 4.79 Å². The summed E-state index contributed by atoms with van der Waals surface area (Å²) in [7, 11) is 1.55. The second-order valence-electron chi connectivity index (χ2n) is 5.54. The molecule has 0 heterocycles. The number of ether oxygens (including phenoxy) is 2. The first kappa shape index (κ1) is 17.3. The van der Waals surface area contributed by atoms with Crippen LogP contribution in [0.2, 0.25) is 0 Å². The maximum atomic E-state index is 12.2. The fourth-order valence-corrected chi connectivity index (χ4v) is 2.50. The molecule has 6 heteroatoms. The van der Waals surface area contributed by atoms with Gasteiger partial charge in [-0.05, 0) is 35.7 Å². The fourth-order valence-electron chi connectivity index (χ4n) is 2.50. The number of nitrogens with one attached hydrogen (secondary N) is 1. The van der Waals surface area contributed by atoms with Crippen molar-refractivity contribution in [3.8, 4) is 11.5 Å². The summed E-state index contributed by atoms with van der Waals surface area (Å²) in [6, 6.07) is 17.1. The Labute approximate surface area is 150 Å². The van der Waals surface area contributed by atoms with E-state index in [4.69, 9.17) is 9.47 Å². The van der Waals surface area contributed by atoms with Gasteiger partial charge in [0, 0.05) is 11.1 Å². The van der Waals surface area contributed by atoms with Gasteiger partial charge in [0.1, 0.15) is 17.1 Å². The molecule has 0 bridgehead atoms. The van der Waals surface area contributed by atoms with Crippen LogP contribution in [0.1, 0.15) is 10.4 Å². The number of carbonyl (C=O) groups excluding carboxylic acids is 2. The van der Waals surface area contributed by atoms with Crippen molar-refractivity contribution in [1.82, 2.24) is 0 Å². The molecule has 2 N–H and O–H groups in total. The zero-order chi connectivity index (χ0) is 18.5. The van der Waals surface area contributed by atoms with Gasteiger partial charge < -0.3 is 19.9 Å². The number of carbonyl (C=O) groups is 2. The molecule has 0 unspecified atom stereocenters. The van der Waals surface area contributed by atoms with Crippen molar-refractivity contribution in [1.29, 1.82) is 0 Å². The highest BCUT2D eigenvalue weighted by Gasteiger charge is 2.16. The average molecular weight is 351 g/mol. The zero-order valence-electron chi connectivity index (χ0n) is 14.1. The van der Waals surface area contributed by atoms with Crippen LogP contribution in [0.25, 0.3) is 10.8 Å². The summed E-state index contributed by atoms with van der Waals surface area (Å²) in [5, 5.41) is 14.2. The number of hydrogen-bond donors (Lipinski definition) is 2. The molecule has 0 radical (unpaired) electrons. The lowest BCUT2D eigenvalue weighted by atomic mass is 10.1.